The van der Waals surface area contributed by atoms with Crippen LogP contribution in [-0.2, 0) is 4.74 Å². The molecule has 0 unspecified atom stereocenters. The first kappa shape index (κ1) is 20.2. The second kappa shape index (κ2) is 7.84. The van der Waals surface area contributed by atoms with Crippen LogP contribution in [-0.4, -0.2) is 28.5 Å². The molecule has 0 aliphatic carbocycles. The molecule has 7 nitrogen and oxygen atoms in total. The number of anilines is 2. The van der Waals surface area contributed by atoms with Crippen LogP contribution in [0.2, 0.25) is 0 Å². The molecule has 3 rings (SSSR count). The van der Waals surface area contributed by atoms with E-state index in [0.29, 0.717) is 27.2 Å². The molecule has 1 amide bonds. The van der Waals surface area contributed by atoms with Gasteiger partial charge < -0.3 is 10.5 Å². The topological polar surface area (TPSA) is 107 Å². The van der Waals surface area contributed by atoms with E-state index in [2.05, 4.69) is 15.3 Å². The molecule has 0 aliphatic heterocycles. The lowest BCUT2D eigenvalue weighted by molar-refractivity contribution is 0.0452. The van der Waals surface area contributed by atoms with Crippen LogP contribution in [0.4, 0.5) is 10.8 Å². The molecule has 0 spiro atoms. The maximum Gasteiger partial charge on any atom is 0.358 e. The third-order valence-electron chi connectivity index (χ3n) is 3.99. The van der Waals surface area contributed by atoms with Gasteiger partial charge >= 0.3 is 5.97 Å². The van der Waals surface area contributed by atoms with Gasteiger partial charge in [0.05, 0.1) is 12.3 Å². The van der Waals surface area contributed by atoms with Crippen molar-refractivity contribution in [1.82, 2.24) is 9.97 Å². The van der Waals surface area contributed by atoms with Crippen molar-refractivity contribution in [3.05, 3.63) is 32.8 Å². The van der Waals surface area contributed by atoms with E-state index < -0.39 is 5.97 Å². The number of hydrogen-bond acceptors (Lipinski definition) is 8. The average molecular weight is 419 g/mol. The number of aromatic nitrogens is 2. The SMILES string of the molecule is Cc1cc(C)c2c(N)c(C(=O)Nc3nc(C(=O)OCC(C)C)c(C)s3)sc2n1. The number of ether oxygens (including phenoxy) is 1. The van der Waals surface area contributed by atoms with E-state index >= 15 is 0 Å². The van der Waals surface area contributed by atoms with Crippen molar-refractivity contribution in [3.8, 4) is 0 Å². The highest BCUT2D eigenvalue weighted by molar-refractivity contribution is 7.21. The lowest BCUT2D eigenvalue weighted by atomic mass is 10.1. The number of pyridine rings is 1. The summed E-state index contributed by atoms with van der Waals surface area (Å²) < 4.78 is 5.22. The minimum absolute atomic E-state index is 0.221. The zero-order valence-corrected chi connectivity index (χ0v) is 18.0. The van der Waals surface area contributed by atoms with Gasteiger partial charge in [-0.2, -0.15) is 0 Å². The number of nitrogens with two attached hydrogens (primary N) is 1. The van der Waals surface area contributed by atoms with Crippen molar-refractivity contribution in [1.29, 1.82) is 0 Å². The van der Waals surface area contributed by atoms with Crippen LogP contribution in [0.15, 0.2) is 6.07 Å². The molecular weight excluding hydrogens is 396 g/mol. The Labute approximate surface area is 171 Å². The van der Waals surface area contributed by atoms with E-state index in [1.165, 1.54) is 22.7 Å². The Kier molecular flexibility index (Phi) is 5.66. The molecule has 9 heteroatoms. The maximum absolute atomic E-state index is 12.7. The van der Waals surface area contributed by atoms with Gasteiger partial charge in [0.1, 0.15) is 9.71 Å². The number of fused-ring (bicyclic) bond motifs is 1. The number of aryl methyl sites for hydroxylation is 3. The number of nitrogen functional groups attached to an aromatic ring is 1. The zero-order chi connectivity index (χ0) is 20.6. The van der Waals surface area contributed by atoms with Crippen molar-refractivity contribution >= 4 is 55.6 Å². The van der Waals surface area contributed by atoms with Gasteiger partial charge in [0, 0.05) is 16.0 Å². The molecule has 3 heterocycles. The highest BCUT2D eigenvalue weighted by atomic mass is 32.1. The van der Waals surface area contributed by atoms with Gasteiger partial charge in [0.2, 0.25) is 0 Å². The monoisotopic (exact) mass is 418 g/mol. The fraction of sp³-hybridized carbons (Fsp3) is 0.368. The summed E-state index contributed by atoms with van der Waals surface area (Å²) in [5.41, 5.74) is 8.70. The van der Waals surface area contributed by atoms with Gasteiger partial charge in [0.15, 0.2) is 10.8 Å². The van der Waals surface area contributed by atoms with Crippen molar-refractivity contribution < 1.29 is 14.3 Å². The predicted molar refractivity (Wildman–Crippen MR) is 113 cm³/mol. The van der Waals surface area contributed by atoms with Crippen molar-refractivity contribution in [2.24, 2.45) is 5.92 Å². The molecule has 0 saturated heterocycles. The summed E-state index contributed by atoms with van der Waals surface area (Å²) in [7, 11) is 0. The van der Waals surface area contributed by atoms with Crippen molar-refractivity contribution in [2.45, 2.75) is 34.6 Å². The molecule has 0 atom stereocenters. The van der Waals surface area contributed by atoms with Gasteiger partial charge in [-0.05, 0) is 38.3 Å². The van der Waals surface area contributed by atoms with Crippen LogP contribution >= 0.6 is 22.7 Å². The van der Waals surface area contributed by atoms with Crippen molar-refractivity contribution in [2.75, 3.05) is 17.7 Å². The van der Waals surface area contributed by atoms with Crippen LogP contribution in [0.5, 0.6) is 0 Å². The summed E-state index contributed by atoms with van der Waals surface area (Å²) in [6, 6.07) is 1.94. The first-order valence-corrected chi connectivity index (χ1v) is 10.4. The summed E-state index contributed by atoms with van der Waals surface area (Å²) >= 11 is 2.47. The number of nitrogens with zero attached hydrogens (tertiary/aromatic N) is 2. The molecule has 0 saturated carbocycles. The zero-order valence-electron chi connectivity index (χ0n) is 16.4. The minimum Gasteiger partial charge on any atom is -0.461 e. The molecule has 0 aromatic carbocycles. The number of carbonyl (C=O) groups is 2. The third kappa shape index (κ3) is 4.00. The minimum atomic E-state index is -0.486. The lowest BCUT2D eigenvalue weighted by Gasteiger charge is -2.05. The van der Waals surface area contributed by atoms with Crippen LogP contribution in [0, 0.1) is 26.7 Å². The van der Waals surface area contributed by atoms with E-state index in [1.807, 2.05) is 33.8 Å². The highest BCUT2D eigenvalue weighted by Crippen LogP contribution is 2.35. The number of hydrogen-bond donors (Lipinski definition) is 2. The van der Waals surface area contributed by atoms with E-state index in [4.69, 9.17) is 10.5 Å². The number of rotatable bonds is 5. The summed E-state index contributed by atoms with van der Waals surface area (Å²) in [5, 5.41) is 3.87. The Hall–Kier alpha value is -2.52. The van der Waals surface area contributed by atoms with Gasteiger partial charge in [0.25, 0.3) is 5.91 Å². The van der Waals surface area contributed by atoms with E-state index in [-0.39, 0.29) is 17.5 Å². The molecule has 28 heavy (non-hydrogen) atoms. The molecule has 0 fully saturated rings. The first-order chi connectivity index (χ1) is 13.2. The standard InChI is InChI=1S/C19H22N4O3S2/c1-8(2)7-26-18(25)14-11(5)27-19(22-14)23-16(24)15-13(20)12-9(3)6-10(4)21-17(12)28-15/h6,8H,7,20H2,1-5H3,(H,22,23,24). The molecule has 148 valence electrons. The van der Waals surface area contributed by atoms with E-state index in [1.54, 1.807) is 6.92 Å². The van der Waals surface area contributed by atoms with E-state index in [9.17, 15) is 9.59 Å². The fourth-order valence-electron chi connectivity index (χ4n) is 2.74. The normalized spacial score (nSPS) is 11.2. The molecule has 0 aliphatic rings. The highest BCUT2D eigenvalue weighted by Gasteiger charge is 2.22. The smallest absolute Gasteiger partial charge is 0.358 e. The summed E-state index contributed by atoms with van der Waals surface area (Å²) in [5.74, 6) is -0.619. The summed E-state index contributed by atoms with van der Waals surface area (Å²) in [6.07, 6.45) is 0. The molecule has 3 aromatic heterocycles. The molecule has 0 radical (unpaired) electrons. The Morgan fingerprint density at radius 3 is 2.61 bits per heavy atom. The van der Waals surface area contributed by atoms with Crippen LogP contribution in [0.1, 0.15) is 50.1 Å². The number of thiophene rings is 1. The molecule has 3 aromatic rings. The predicted octanol–water partition coefficient (Wildman–Crippen LogP) is 4.33. The number of carbonyl (C=O) groups excluding carboxylic acids is 2. The maximum atomic E-state index is 12.7. The molecular formula is C19H22N4O3S2. The first-order valence-electron chi connectivity index (χ1n) is 8.79. The Balaban J connectivity index is 1.83. The lowest BCUT2D eigenvalue weighted by Crippen LogP contribution is -2.13. The van der Waals surface area contributed by atoms with Gasteiger partial charge in [-0.25, -0.2) is 14.8 Å². The fourth-order valence-corrected chi connectivity index (χ4v) is 4.65. The van der Waals surface area contributed by atoms with Crippen LogP contribution < -0.4 is 11.1 Å². The number of esters is 1. The largest absolute Gasteiger partial charge is 0.461 e. The van der Waals surface area contributed by atoms with Crippen LogP contribution in [0.25, 0.3) is 10.2 Å². The van der Waals surface area contributed by atoms with Gasteiger partial charge in [-0.15, -0.1) is 22.7 Å². The Morgan fingerprint density at radius 2 is 1.93 bits per heavy atom. The Morgan fingerprint density at radius 1 is 1.21 bits per heavy atom. The van der Waals surface area contributed by atoms with Gasteiger partial charge in [-0.3, -0.25) is 10.1 Å². The van der Waals surface area contributed by atoms with Crippen LogP contribution in [0.3, 0.4) is 0 Å². The third-order valence-corrected chi connectivity index (χ3v) is 5.97. The van der Waals surface area contributed by atoms with Gasteiger partial charge in [-0.1, -0.05) is 13.8 Å². The van der Waals surface area contributed by atoms with E-state index in [0.717, 1.165) is 21.5 Å². The summed E-state index contributed by atoms with van der Waals surface area (Å²) in [6.45, 7) is 9.85. The molecule has 0 bridgehead atoms. The summed E-state index contributed by atoms with van der Waals surface area (Å²) in [4.78, 5) is 35.4. The second-order valence-corrected chi connectivity index (χ2v) is 9.18. The number of thiazole rings is 1. The number of nitrogens with one attached hydrogen (secondary N) is 1. The van der Waals surface area contributed by atoms with Crippen molar-refractivity contribution in [3.63, 3.8) is 0 Å². The average Bonchev–Trinajstić information content (AvgIpc) is 3.12. The molecule has 3 N–H and O–H groups in total. The number of amides is 1. The second-order valence-electron chi connectivity index (χ2n) is 6.98. The Bertz CT molecular complexity index is 1070. The quantitative estimate of drug-likeness (QED) is 0.597.